The van der Waals surface area contributed by atoms with Crippen LogP contribution >= 0.6 is 0 Å². The van der Waals surface area contributed by atoms with Crippen LogP contribution in [0.1, 0.15) is 80.1 Å². The Balaban J connectivity index is 0.000000608. The van der Waals surface area contributed by atoms with Crippen LogP contribution in [0.3, 0.4) is 0 Å². The van der Waals surface area contributed by atoms with Crippen molar-refractivity contribution in [2.75, 3.05) is 10.6 Å². The number of unbranched alkanes of at least 4 members (excludes halogenated alkanes) is 2. The van der Waals surface area contributed by atoms with Gasteiger partial charge in [-0.2, -0.15) is 36.4 Å². The smallest absolute Gasteiger partial charge is 0.429 e. The normalized spacial score (nSPS) is 10.5. The van der Waals surface area contributed by atoms with Gasteiger partial charge >= 0.3 is 21.7 Å². The van der Waals surface area contributed by atoms with Crippen molar-refractivity contribution in [1.29, 1.82) is 0 Å². The molecular weight excluding hydrogens is 584 g/mol. The Morgan fingerprint density at radius 3 is 1.16 bits per heavy atom. The molecule has 0 fully saturated rings. The summed E-state index contributed by atoms with van der Waals surface area (Å²) in [5.74, 6) is -2.67. The van der Waals surface area contributed by atoms with Crippen molar-refractivity contribution < 1.29 is 39.3 Å². The zero-order chi connectivity index (χ0) is 31.4. The summed E-state index contributed by atoms with van der Waals surface area (Å²) in [7, 11) is 0. The second kappa shape index (κ2) is 21.8. The van der Waals surface area contributed by atoms with Crippen molar-refractivity contribution in [3.05, 3.63) is 120 Å². The third-order valence-electron chi connectivity index (χ3n) is 6.09. The summed E-state index contributed by atoms with van der Waals surface area (Å²) in [6, 6.07) is 29.3. The van der Waals surface area contributed by atoms with Crippen LogP contribution in [-0.2, 0) is 21.7 Å². The molecule has 2 nitrogen and oxygen atoms in total. The standard InChI is InChI=1S/2C13H18F2N.2C5H5.Ti/c2*1-4-5-8-13(2,3)16-12-7-6-10(14)9-11(12)15;2*1-2-4-5-3-1;/h2*6-7,16H,4-5,8H2,1-3H3;2*1-5H;/q4*-1;+4. The maximum Gasteiger partial charge on any atom is 4.00 e. The van der Waals surface area contributed by atoms with Crippen LogP contribution in [0, 0.1) is 35.4 Å². The fraction of sp³-hybridized carbons (Fsp3) is 0.389. The number of anilines is 2. The number of halogens is 4. The van der Waals surface area contributed by atoms with Crippen molar-refractivity contribution in [2.45, 2.75) is 91.1 Å². The van der Waals surface area contributed by atoms with Gasteiger partial charge in [-0.1, -0.05) is 39.5 Å². The van der Waals surface area contributed by atoms with Crippen molar-refractivity contribution in [3.63, 3.8) is 0 Å². The van der Waals surface area contributed by atoms with E-state index in [1.54, 1.807) is 0 Å². The van der Waals surface area contributed by atoms with E-state index in [2.05, 4.69) is 24.5 Å². The molecule has 0 saturated heterocycles. The maximum atomic E-state index is 13.3. The van der Waals surface area contributed by atoms with Gasteiger partial charge in [-0.25, -0.2) is 41.8 Å². The van der Waals surface area contributed by atoms with E-state index in [-0.39, 0.29) is 32.8 Å². The van der Waals surface area contributed by atoms with Crippen LogP contribution in [0.15, 0.2) is 84.9 Å². The molecule has 4 rings (SSSR count). The first kappa shape index (κ1) is 40.2. The first-order valence-corrected chi connectivity index (χ1v) is 14.5. The summed E-state index contributed by atoms with van der Waals surface area (Å²) >= 11 is 0. The van der Waals surface area contributed by atoms with E-state index in [4.69, 9.17) is 0 Å². The van der Waals surface area contributed by atoms with Crippen LogP contribution in [0.5, 0.6) is 0 Å². The van der Waals surface area contributed by atoms with Gasteiger partial charge in [-0.15, -0.1) is 36.4 Å². The van der Waals surface area contributed by atoms with Crippen LogP contribution in [0.2, 0.25) is 0 Å². The number of nitrogens with one attached hydrogen (secondary N) is 2. The quantitative estimate of drug-likeness (QED) is 0.104. The van der Waals surface area contributed by atoms with E-state index in [0.717, 1.165) is 38.5 Å². The van der Waals surface area contributed by atoms with Crippen LogP contribution < -0.4 is 10.6 Å². The van der Waals surface area contributed by atoms with Gasteiger partial charge in [0.05, 0.1) is 0 Å². The van der Waals surface area contributed by atoms with Crippen molar-refractivity contribution in [3.8, 4) is 0 Å². The van der Waals surface area contributed by atoms with Crippen molar-refractivity contribution >= 4 is 11.4 Å². The van der Waals surface area contributed by atoms with Gasteiger partial charge in [0.2, 0.25) is 0 Å². The molecule has 0 heterocycles. The molecule has 232 valence electrons. The van der Waals surface area contributed by atoms with Crippen molar-refractivity contribution in [1.82, 2.24) is 0 Å². The minimum Gasteiger partial charge on any atom is -0.429 e. The van der Waals surface area contributed by atoms with Gasteiger partial charge in [0.1, 0.15) is 0 Å². The van der Waals surface area contributed by atoms with E-state index >= 15 is 0 Å². The third-order valence-corrected chi connectivity index (χ3v) is 6.09. The monoisotopic (exact) mass is 630 g/mol. The molecule has 4 aromatic rings. The van der Waals surface area contributed by atoms with E-state index in [1.165, 1.54) is 24.3 Å². The average Bonchev–Trinajstić information content (AvgIpc) is 3.70. The largest absolute Gasteiger partial charge is 4.00 e. The van der Waals surface area contributed by atoms with Gasteiger partial charge in [-0.05, 0) is 51.9 Å². The fourth-order valence-electron chi connectivity index (χ4n) is 3.81. The summed E-state index contributed by atoms with van der Waals surface area (Å²) in [5, 5.41) is 6.15. The Bertz CT molecular complexity index is 1080. The molecule has 0 aliphatic rings. The van der Waals surface area contributed by atoms with E-state index in [0.29, 0.717) is 11.4 Å². The second-order valence-corrected chi connectivity index (χ2v) is 11.2. The van der Waals surface area contributed by atoms with Crippen LogP contribution in [-0.4, -0.2) is 11.1 Å². The van der Waals surface area contributed by atoms with E-state index in [1.807, 2.05) is 100 Å². The predicted molar refractivity (Wildman–Crippen MR) is 169 cm³/mol. The Kier molecular flexibility index (Phi) is 20.4. The summed E-state index contributed by atoms with van der Waals surface area (Å²) in [6.07, 6.45) is 6.24. The molecule has 0 atom stereocenters. The van der Waals surface area contributed by atoms with Gasteiger partial charge in [-0.3, -0.25) is 0 Å². The fourth-order valence-corrected chi connectivity index (χ4v) is 3.81. The average molecular weight is 631 g/mol. The molecule has 0 unspecified atom stereocenters. The summed E-state index contributed by atoms with van der Waals surface area (Å²) in [5.41, 5.74) is 0.232. The molecule has 0 spiro atoms. The molecule has 0 amide bonds. The van der Waals surface area contributed by atoms with Gasteiger partial charge in [0.15, 0.2) is 0 Å². The zero-order valence-corrected chi connectivity index (χ0v) is 27.9. The third kappa shape index (κ3) is 19.1. The summed E-state index contributed by atoms with van der Waals surface area (Å²) in [4.78, 5) is 0. The maximum absolute atomic E-state index is 13.3. The molecular formula is C36H46F4N2Ti. The van der Waals surface area contributed by atoms with Gasteiger partial charge in [0, 0.05) is 34.3 Å². The molecule has 0 saturated carbocycles. The second-order valence-electron chi connectivity index (χ2n) is 11.2. The summed E-state index contributed by atoms with van der Waals surface area (Å²) < 4.78 is 52.0. The predicted octanol–water partition coefficient (Wildman–Crippen LogP) is 11.1. The first-order valence-electron chi connectivity index (χ1n) is 14.5. The van der Waals surface area contributed by atoms with Gasteiger partial charge in [0.25, 0.3) is 0 Å². The molecule has 43 heavy (non-hydrogen) atoms. The SMILES string of the molecule is CCCCC(C)(C)Nc1ccc(F)[c-]c1F.CCCCC(C)(C)Nc1ccc(F)[c-]c1F.[Ti+4].c1cc[cH-]c1.c1cc[cH-]c1. The molecule has 0 aliphatic heterocycles. The Labute approximate surface area is 271 Å². The van der Waals surface area contributed by atoms with Crippen molar-refractivity contribution in [2.24, 2.45) is 0 Å². The number of rotatable bonds is 10. The molecule has 0 aromatic heterocycles. The molecule has 2 N–H and O–H groups in total. The number of hydrogen-bond acceptors (Lipinski definition) is 2. The number of hydrogen-bond donors (Lipinski definition) is 2. The molecule has 0 aliphatic carbocycles. The Morgan fingerprint density at radius 1 is 0.605 bits per heavy atom. The van der Waals surface area contributed by atoms with Crippen LogP contribution in [0.25, 0.3) is 0 Å². The molecule has 4 aromatic carbocycles. The van der Waals surface area contributed by atoms with Gasteiger partial charge < -0.3 is 10.6 Å². The minimum absolute atomic E-state index is 0. The van der Waals surface area contributed by atoms with E-state index < -0.39 is 23.3 Å². The zero-order valence-electron chi connectivity index (χ0n) is 26.3. The first-order chi connectivity index (χ1) is 19.9. The topological polar surface area (TPSA) is 24.1 Å². The molecule has 7 heteroatoms. The molecule has 0 radical (unpaired) electrons. The molecule has 0 bridgehead atoms. The van der Waals surface area contributed by atoms with E-state index in [9.17, 15) is 17.6 Å². The Morgan fingerprint density at radius 2 is 0.930 bits per heavy atom. The Hall–Kier alpha value is -2.83. The summed E-state index contributed by atoms with van der Waals surface area (Å²) in [6.45, 7) is 12.2. The van der Waals surface area contributed by atoms with Crippen LogP contribution in [0.4, 0.5) is 28.9 Å². The minimum atomic E-state index is -0.672. The number of benzene rings is 2.